The SMILES string of the molecule is COc1cc(Cl)c(C)cc1NC(=O)C(C#N)=Cc1cc(OC)c(O)c(OC)c1. The number of nitriles is 1. The molecule has 2 aromatic rings. The summed E-state index contributed by atoms with van der Waals surface area (Å²) in [7, 11) is 4.22. The number of benzene rings is 2. The summed E-state index contributed by atoms with van der Waals surface area (Å²) >= 11 is 6.07. The van der Waals surface area contributed by atoms with Gasteiger partial charge in [-0.1, -0.05) is 11.6 Å². The van der Waals surface area contributed by atoms with Crippen molar-refractivity contribution in [3.05, 3.63) is 46.0 Å². The molecule has 0 atom stereocenters. The van der Waals surface area contributed by atoms with Gasteiger partial charge in [-0.15, -0.1) is 0 Å². The Bertz CT molecular complexity index is 954. The Kier molecular flexibility index (Phi) is 6.74. The molecule has 0 aromatic heterocycles. The summed E-state index contributed by atoms with van der Waals surface area (Å²) in [5, 5.41) is 22.5. The van der Waals surface area contributed by atoms with Crippen molar-refractivity contribution in [2.24, 2.45) is 0 Å². The second kappa shape index (κ2) is 9.02. The number of anilines is 1. The van der Waals surface area contributed by atoms with E-state index in [0.717, 1.165) is 5.56 Å². The van der Waals surface area contributed by atoms with Gasteiger partial charge in [-0.25, -0.2) is 0 Å². The number of carbonyl (C=O) groups excluding carboxylic acids is 1. The minimum absolute atomic E-state index is 0.151. The molecule has 7 nitrogen and oxygen atoms in total. The van der Waals surface area contributed by atoms with E-state index in [4.69, 9.17) is 25.8 Å². The van der Waals surface area contributed by atoms with Crippen molar-refractivity contribution in [2.75, 3.05) is 26.6 Å². The number of nitrogens with zero attached hydrogens (tertiary/aromatic N) is 1. The second-order valence-electron chi connectivity index (χ2n) is 5.70. The molecule has 2 rings (SSSR count). The van der Waals surface area contributed by atoms with Gasteiger partial charge in [0.2, 0.25) is 5.75 Å². The van der Waals surface area contributed by atoms with Gasteiger partial charge in [-0.05, 0) is 42.3 Å². The van der Waals surface area contributed by atoms with Crippen LogP contribution in [0.15, 0.2) is 29.8 Å². The smallest absolute Gasteiger partial charge is 0.266 e. The Morgan fingerprint density at radius 3 is 2.18 bits per heavy atom. The monoisotopic (exact) mass is 402 g/mol. The van der Waals surface area contributed by atoms with Gasteiger partial charge in [-0.3, -0.25) is 4.79 Å². The van der Waals surface area contributed by atoms with E-state index in [1.807, 2.05) is 6.07 Å². The highest BCUT2D eigenvalue weighted by molar-refractivity contribution is 6.31. The molecule has 8 heteroatoms. The summed E-state index contributed by atoms with van der Waals surface area (Å²) < 4.78 is 15.4. The predicted molar refractivity (Wildman–Crippen MR) is 106 cm³/mol. The van der Waals surface area contributed by atoms with E-state index in [2.05, 4.69) is 5.32 Å². The average molecular weight is 403 g/mol. The number of nitrogens with one attached hydrogen (secondary N) is 1. The maximum Gasteiger partial charge on any atom is 0.266 e. The topological polar surface area (TPSA) is 101 Å². The molecule has 0 aliphatic carbocycles. The lowest BCUT2D eigenvalue weighted by molar-refractivity contribution is -0.112. The summed E-state index contributed by atoms with van der Waals surface area (Å²) in [5.74, 6) is -0.134. The number of carbonyl (C=O) groups is 1. The Hall–Kier alpha value is -3.37. The third-order valence-corrected chi connectivity index (χ3v) is 4.31. The Balaban J connectivity index is 2.40. The Morgan fingerprint density at radius 1 is 1.11 bits per heavy atom. The number of methoxy groups -OCH3 is 3. The summed E-state index contributed by atoms with van der Waals surface area (Å²) in [5.41, 5.74) is 1.41. The average Bonchev–Trinajstić information content (AvgIpc) is 2.69. The Morgan fingerprint density at radius 2 is 1.68 bits per heavy atom. The van der Waals surface area contributed by atoms with Crippen molar-refractivity contribution >= 4 is 29.3 Å². The van der Waals surface area contributed by atoms with Crippen LogP contribution in [-0.4, -0.2) is 32.3 Å². The molecule has 0 radical (unpaired) electrons. The van der Waals surface area contributed by atoms with Crippen molar-refractivity contribution in [1.82, 2.24) is 0 Å². The molecule has 0 unspecified atom stereocenters. The van der Waals surface area contributed by atoms with Crippen molar-refractivity contribution in [3.8, 4) is 29.1 Å². The molecule has 0 saturated carbocycles. The molecular weight excluding hydrogens is 384 g/mol. The van der Waals surface area contributed by atoms with Crippen LogP contribution in [0.4, 0.5) is 5.69 Å². The van der Waals surface area contributed by atoms with Crippen LogP contribution in [0.1, 0.15) is 11.1 Å². The zero-order valence-corrected chi connectivity index (χ0v) is 16.5. The van der Waals surface area contributed by atoms with E-state index in [1.54, 1.807) is 19.1 Å². The van der Waals surface area contributed by atoms with Crippen LogP contribution in [0.2, 0.25) is 5.02 Å². The molecule has 0 heterocycles. The molecule has 1 amide bonds. The minimum Gasteiger partial charge on any atom is -0.502 e. The van der Waals surface area contributed by atoms with Crippen LogP contribution in [0.3, 0.4) is 0 Å². The summed E-state index contributed by atoms with van der Waals surface area (Å²) in [4.78, 5) is 12.6. The van der Waals surface area contributed by atoms with Crippen LogP contribution < -0.4 is 19.5 Å². The highest BCUT2D eigenvalue weighted by Gasteiger charge is 2.16. The molecule has 2 aromatic carbocycles. The Labute approximate surface area is 167 Å². The van der Waals surface area contributed by atoms with E-state index in [-0.39, 0.29) is 22.8 Å². The van der Waals surface area contributed by atoms with E-state index < -0.39 is 5.91 Å². The summed E-state index contributed by atoms with van der Waals surface area (Å²) in [6.45, 7) is 1.79. The predicted octanol–water partition coefficient (Wildman–Crippen LogP) is 3.93. The maximum absolute atomic E-state index is 12.6. The van der Waals surface area contributed by atoms with E-state index in [1.165, 1.54) is 39.5 Å². The van der Waals surface area contributed by atoms with Gasteiger partial charge in [0.05, 0.1) is 27.0 Å². The number of rotatable bonds is 6. The first-order valence-electron chi connectivity index (χ1n) is 8.06. The second-order valence-corrected chi connectivity index (χ2v) is 6.11. The van der Waals surface area contributed by atoms with Gasteiger partial charge in [0.25, 0.3) is 5.91 Å². The van der Waals surface area contributed by atoms with E-state index in [9.17, 15) is 15.2 Å². The zero-order chi connectivity index (χ0) is 20.8. The largest absolute Gasteiger partial charge is 0.502 e. The molecule has 0 spiro atoms. The van der Waals surface area contributed by atoms with Crippen molar-refractivity contribution in [2.45, 2.75) is 6.92 Å². The number of phenolic OH excluding ortho intramolecular Hbond substituents is 1. The first-order chi connectivity index (χ1) is 13.3. The minimum atomic E-state index is -0.631. The fourth-order valence-corrected chi connectivity index (χ4v) is 2.59. The number of amides is 1. The molecule has 0 aliphatic rings. The van der Waals surface area contributed by atoms with Crippen molar-refractivity contribution in [3.63, 3.8) is 0 Å². The van der Waals surface area contributed by atoms with Crippen molar-refractivity contribution < 1.29 is 24.1 Å². The van der Waals surface area contributed by atoms with Crippen LogP contribution in [0, 0.1) is 18.3 Å². The lowest BCUT2D eigenvalue weighted by Gasteiger charge is -2.12. The van der Waals surface area contributed by atoms with Gasteiger partial charge in [-0.2, -0.15) is 5.26 Å². The molecule has 146 valence electrons. The van der Waals surface area contributed by atoms with Crippen LogP contribution in [0.25, 0.3) is 6.08 Å². The normalized spacial score (nSPS) is 10.8. The van der Waals surface area contributed by atoms with Crippen LogP contribution >= 0.6 is 11.6 Å². The first-order valence-corrected chi connectivity index (χ1v) is 8.44. The quantitative estimate of drug-likeness (QED) is 0.561. The summed E-state index contributed by atoms with van der Waals surface area (Å²) in [6.07, 6.45) is 1.36. The standard InChI is InChI=1S/C20H19ClN2O5/c1-11-5-15(16(26-2)9-14(11)21)23-20(25)13(10-22)6-12-7-17(27-3)19(24)18(8-12)28-4/h5-9,24H,1-4H3,(H,23,25). The van der Waals surface area contributed by atoms with Gasteiger partial charge < -0.3 is 24.6 Å². The number of phenols is 1. The van der Waals surface area contributed by atoms with Crippen LogP contribution in [-0.2, 0) is 4.79 Å². The zero-order valence-electron chi connectivity index (χ0n) is 15.8. The van der Waals surface area contributed by atoms with Crippen molar-refractivity contribution in [1.29, 1.82) is 5.26 Å². The van der Waals surface area contributed by atoms with Crippen LogP contribution in [0.5, 0.6) is 23.0 Å². The fraction of sp³-hybridized carbons (Fsp3) is 0.200. The first kappa shape index (κ1) is 20.9. The molecule has 0 bridgehead atoms. The number of hydrogen-bond donors (Lipinski definition) is 2. The number of halogens is 1. The molecule has 0 fully saturated rings. The molecule has 2 N–H and O–H groups in total. The molecule has 0 saturated heterocycles. The number of aryl methyl sites for hydroxylation is 1. The van der Waals surface area contributed by atoms with Gasteiger partial charge in [0.1, 0.15) is 17.4 Å². The van der Waals surface area contributed by atoms with Gasteiger partial charge in [0.15, 0.2) is 11.5 Å². The lowest BCUT2D eigenvalue weighted by atomic mass is 10.1. The third-order valence-electron chi connectivity index (χ3n) is 3.91. The highest BCUT2D eigenvalue weighted by Crippen LogP contribution is 2.37. The lowest BCUT2D eigenvalue weighted by Crippen LogP contribution is -2.14. The molecular formula is C20H19ClN2O5. The highest BCUT2D eigenvalue weighted by atomic mass is 35.5. The fourth-order valence-electron chi connectivity index (χ4n) is 2.43. The molecule has 28 heavy (non-hydrogen) atoms. The molecule has 0 aliphatic heterocycles. The van der Waals surface area contributed by atoms with E-state index in [0.29, 0.717) is 22.0 Å². The van der Waals surface area contributed by atoms with Gasteiger partial charge >= 0.3 is 0 Å². The van der Waals surface area contributed by atoms with Gasteiger partial charge in [0, 0.05) is 11.1 Å². The van der Waals surface area contributed by atoms with E-state index >= 15 is 0 Å². The number of hydrogen-bond acceptors (Lipinski definition) is 6. The third kappa shape index (κ3) is 4.48. The summed E-state index contributed by atoms with van der Waals surface area (Å²) in [6, 6.07) is 8.06. The maximum atomic E-state index is 12.6. The number of aromatic hydroxyl groups is 1. The number of ether oxygens (including phenoxy) is 3.